The summed E-state index contributed by atoms with van der Waals surface area (Å²) in [4.78, 5) is -0.0720. The van der Waals surface area contributed by atoms with Gasteiger partial charge >= 0.3 is 0 Å². The minimum atomic E-state index is -3.89. The van der Waals surface area contributed by atoms with Crippen molar-refractivity contribution in [1.29, 1.82) is 0 Å². The molecule has 0 aliphatic heterocycles. The fraction of sp³-hybridized carbons (Fsp3) is 0. The third-order valence-electron chi connectivity index (χ3n) is 2.47. The van der Waals surface area contributed by atoms with Crippen LogP contribution in [0.15, 0.2) is 35.2 Å². The predicted octanol–water partition coefficient (Wildman–Crippen LogP) is 4.81. The minimum absolute atomic E-state index is 0.0720. The molecule has 0 radical (unpaired) electrons. The molecule has 4 nitrogen and oxygen atoms in total. The summed E-state index contributed by atoms with van der Waals surface area (Å²) in [5, 5.41) is 9.64. The molecule has 0 aliphatic carbocycles. The zero-order chi connectivity index (χ0) is 15.8. The van der Waals surface area contributed by atoms with Crippen LogP contribution in [0.3, 0.4) is 0 Å². The van der Waals surface area contributed by atoms with Crippen molar-refractivity contribution in [3.05, 3.63) is 50.4 Å². The zero-order valence-corrected chi connectivity index (χ0v) is 13.9. The highest BCUT2D eigenvalue weighted by Crippen LogP contribution is 2.35. The average molecular weight is 387 g/mol. The van der Waals surface area contributed by atoms with Crippen LogP contribution in [0.4, 0.5) is 5.69 Å². The molecular formula is C12H7Cl4NO3S. The van der Waals surface area contributed by atoms with Crippen molar-refractivity contribution in [3.63, 3.8) is 0 Å². The Morgan fingerprint density at radius 1 is 0.857 bits per heavy atom. The second-order valence-electron chi connectivity index (χ2n) is 3.97. The first kappa shape index (κ1) is 16.5. The van der Waals surface area contributed by atoms with E-state index in [0.717, 1.165) is 0 Å². The number of hydrogen-bond acceptors (Lipinski definition) is 3. The van der Waals surface area contributed by atoms with Crippen molar-refractivity contribution < 1.29 is 13.5 Å². The third kappa shape index (κ3) is 3.67. The minimum Gasteiger partial charge on any atom is -0.505 e. The summed E-state index contributed by atoms with van der Waals surface area (Å²) in [6.45, 7) is 0. The summed E-state index contributed by atoms with van der Waals surface area (Å²) in [5.41, 5.74) is 0.105. The molecular weight excluding hydrogens is 380 g/mol. The fourth-order valence-corrected chi connectivity index (χ4v) is 3.40. The van der Waals surface area contributed by atoms with E-state index in [-0.39, 0.29) is 36.4 Å². The van der Waals surface area contributed by atoms with Gasteiger partial charge in [0.05, 0.1) is 30.7 Å². The van der Waals surface area contributed by atoms with Crippen molar-refractivity contribution in [3.8, 4) is 5.75 Å². The Hall–Kier alpha value is -0.850. The highest BCUT2D eigenvalue weighted by atomic mass is 35.5. The highest BCUT2D eigenvalue weighted by Gasteiger charge is 2.17. The third-order valence-corrected chi connectivity index (χ3v) is 5.16. The van der Waals surface area contributed by atoms with E-state index in [0.29, 0.717) is 0 Å². The number of aromatic hydroxyl groups is 1. The molecule has 0 heterocycles. The van der Waals surface area contributed by atoms with Gasteiger partial charge < -0.3 is 5.11 Å². The number of benzene rings is 2. The molecule has 0 saturated heterocycles. The Balaban J connectivity index is 2.39. The normalized spacial score (nSPS) is 11.4. The summed E-state index contributed by atoms with van der Waals surface area (Å²) in [6.07, 6.45) is 0. The molecule has 0 amide bonds. The average Bonchev–Trinajstić information content (AvgIpc) is 2.38. The summed E-state index contributed by atoms with van der Waals surface area (Å²) < 4.78 is 26.7. The van der Waals surface area contributed by atoms with E-state index < -0.39 is 10.0 Å². The van der Waals surface area contributed by atoms with Gasteiger partial charge in [0, 0.05) is 0 Å². The van der Waals surface area contributed by atoms with Gasteiger partial charge in [-0.05, 0) is 30.3 Å². The lowest BCUT2D eigenvalue weighted by Gasteiger charge is -2.10. The number of phenolic OH excluding ortho intramolecular Hbond substituents is 1. The first-order valence-corrected chi connectivity index (χ1v) is 8.36. The fourth-order valence-electron chi connectivity index (χ4n) is 1.48. The largest absolute Gasteiger partial charge is 0.505 e. The maximum absolute atomic E-state index is 12.2. The number of nitrogens with one attached hydrogen (secondary N) is 1. The van der Waals surface area contributed by atoms with E-state index in [9.17, 15) is 13.5 Å². The van der Waals surface area contributed by atoms with Gasteiger partial charge in [0.2, 0.25) is 0 Å². The van der Waals surface area contributed by atoms with E-state index in [1.165, 1.54) is 30.3 Å². The van der Waals surface area contributed by atoms with Gasteiger partial charge in [-0.1, -0.05) is 46.4 Å². The van der Waals surface area contributed by atoms with E-state index in [4.69, 9.17) is 46.4 Å². The van der Waals surface area contributed by atoms with Crippen LogP contribution in [0, 0.1) is 0 Å². The van der Waals surface area contributed by atoms with Gasteiger partial charge in [-0.3, -0.25) is 4.72 Å². The second-order valence-corrected chi connectivity index (χ2v) is 7.28. The van der Waals surface area contributed by atoms with E-state index in [2.05, 4.69) is 4.72 Å². The first-order chi connectivity index (χ1) is 9.70. The Kier molecular flexibility index (Phi) is 4.80. The predicted molar refractivity (Wildman–Crippen MR) is 85.4 cm³/mol. The maximum Gasteiger partial charge on any atom is 0.261 e. The molecule has 0 saturated carbocycles. The Bertz CT molecular complexity index is 785. The highest BCUT2D eigenvalue weighted by molar-refractivity contribution is 7.92. The van der Waals surface area contributed by atoms with E-state index >= 15 is 0 Å². The maximum atomic E-state index is 12.2. The standard InChI is InChI=1S/C12H7Cl4NO3S/c13-8-2-1-7(5-9(8)14)21(19,20)17-6-3-10(15)12(18)11(16)4-6/h1-5,17-18H. The molecule has 9 heteroatoms. The molecule has 0 fully saturated rings. The molecule has 2 N–H and O–H groups in total. The summed E-state index contributed by atoms with van der Waals surface area (Å²) in [6, 6.07) is 6.36. The van der Waals surface area contributed by atoms with Crippen LogP contribution in [0.2, 0.25) is 20.1 Å². The molecule has 2 aromatic rings. The van der Waals surface area contributed by atoms with Crippen LogP contribution in [-0.4, -0.2) is 13.5 Å². The second kappa shape index (κ2) is 6.10. The van der Waals surface area contributed by atoms with Crippen LogP contribution >= 0.6 is 46.4 Å². The number of phenols is 1. The van der Waals surface area contributed by atoms with Crippen LogP contribution in [-0.2, 0) is 10.0 Å². The number of rotatable bonds is 3. The monoisotopic (exact) mass is 385 g/mol. The molecule has 0 aromatic heterocycles. The van der Waals surface area contributed by atoms with Crippen LogP contribution < -0.4 is 4.72 Å². The molecule has 0 unspecified atom stereocenters. The van der Waals surface area contributed by atoms with Crippen molar-refractivity contribution in [1.82, 2.24) is 0 Å². The van der Waals surface area contributed by atoms with Crippen LogP contribution in [0.1, 0.15) is 0 Å². The molecule has 2 rings (SSSR count). The quantitative estimate of drug-likeness (QED) is 0.744. The van der Waals surface area contributed by atoms with Crippen molar-refractivity contribution >= 4 is 62.1 Å². The smallest absolute Gasteiger partial charge is 0.261 e. The molecule has 0 aliphatic rings. The van der Waals surface area contributed by atoms with Gasteiger partial charge in [0.1, 0.15) is 0 Å². The number of sulfonamides is 1. The van der Waals surface area contributed by atoms with E-state index in [1.807, 2.05) is 0 Å². The van der Waals surface area contributed by atoms with Gasteiger partial charge in [-0.15, -0.1) is 0 Å². The lowest BCUT2D eigenvalue weighted by atomic mass is 10.3. The summed E-state index contributed by atoms with van der Waals surface area (Å²) in [7, 11) is -3.89. The van der Waals surface area contributed by atoms with Crippen molar-refractivity contribution in [2.24, 2.45) is 0 Å². The molecule has 112 valence electrons. The lowest BCUT2D eigenvalue weighted by molar-refractivity contribution is 0.476. The first-order valence-electron chi connectivity index (χ1n) is 5.36. The van der Waals surface area contributed by atoms with Gasteiger partial charge in [0.25, 0.3) is 10.0 Å². The molecule has 2 aromatic carbocycles. The zero-order valence-electron chi connectivity index (χ0n) is 10.1. The summed E-state index contributed by atoms with van der Waals surface area (Å²) >= 11 is 23.0. The van der Waals surface area contributed by atoms with Gasteiger partial charge in [0.15, 0.2) is 5.75 Å². The Morgan fingerprint density at radius 2 is 1.43 bits per heavy atom. The van der Waals surface area contributed by atoms with Gasteiger partial charge in [-0.2, -0.15) is 0 Å². The number of hydrogen-bond donors (Lipinski definition) is 2. The van der Waals surface area contributed by atoms with Crippen LogP contribution in [0.5, 0.6) is 5.75 Å². The van der Waals surface area contributed by atoms with Crippen LogP contribution in [0.25, 0.3) is 0 Å². The molecule has 0 bridgehead atoms. The molecule has 21 heavy (non-hydrogen) atoms. The molecule has 0 spiro atoms. The number of anilines is 1. The van der Waals surface area contributed by atoms with Crippen molar-refractivity contribution in [2.75, 3.05) is 4.72 Å². The topological polar surface area (TPSA) is 66.4 Å². The summed E-state index contributed by atoms with van der Waals surface area (Å²) in [5.74, 6) is -0.323. The molecule has 0 atom stereocenters. The van der Waals surface area contributed by atoms with Gasteiger partial charge in [-0.25, -0.2) is 8.42 Å². The SMILES string of the molecule is O=S(=O)(Nc1cc(Cl)c(O)c(Cl)c1)c1ccc(Cl)c(Cl)c1. The Morgan fingerprint density at radius 3 is 1.95 bits per heavy atom. The van der Waals surface area contributed by atoms with Crippen molar-refractivity contribution in [2.45, 2.75) is 4.90 Å². The lowest BCUT2D eigenvalue weighted by Crippen LogP contribution is -2.13. The number of halogens is 4. The Labute approximate surface area is 141 Å². The van der Waals surface area contributed by atoms with E-state index in [1.54, 1.807) is 0 Å².